The van der Waals surface area contributed by atoms with E-state index < -0.39 is 5.54 Å². The van der Waals surface area contributed by atoms with Crippen LogP contribution in [-0.4, -0.2) is 11.7 Å². The highest BCUT2D eigenvalue weighted by molar-refractivity contribution is 6.30. The van der Waals surface area contributed by atoms with Gasteiger partial charge in [0.15, 0.2) is 0 Å². The van der Waals surface area contributed by atoms with E-state index >= 15 is 0 Å². The minimum Gasteiger partial charge on any atom is -0.394 e. The summed E-state index contributed by atoms with van der Waals surface area (Å²) in [7, 11) is 0. The molecule has 0 saturated heterocycles. The van der Waals surface area contributed by atoms with Crippen molar-refractivity contribution in [2.75, 3.05) is 11.9 Å². The van der Waals surface area contributed by atoms with Crippen molar-refractivity contribution < 1.29 is 5.11 Å². The van der Waals surface area contributed by atoms with Gasteiger partial charge in [-0.05, 0) is 30.2 Å². The van der Waals surface area contributed by atoms with Gasteiger partial charge in [0.25, 0.3) is 0 Å². The predicted octanol–water partition coefficient (Wildman–Crippen LogP) is 4.05. The van der Waals surface area contributed by atoms with Crippen molar-refractivity contribution in [2.45, 2.75) is 18.9 Å². The number of hydrogen-bond acceptors (Lipinski definition) is 2. The lowest BCUT2D eigenvalue weighted by Gasteiger charge is -2.33. The zero-order chi connectivity index (χ0) is 13.7. The Morgan fingerprint density at radius 3 is 2.42 bits per heavy atom. The van der Waals surface area contributed by atoms with Crippen LogP contribution in [0.25, 0.3) is 0 Å². The fraction of sp³-hybridized carbons (Fsp3) is 0.250. The van der Waals surface area contributed by atoms with Gasteiger partial charge in [0.05, 0.1) is 12.1 Å². The Hall–Kier alpha value is -1.51. The highest BCUT2D eigenvalue weighted by atomic mass is 35.5. The largest absolute Gasteiger partial charge is 0.394 e. The number of aliphatic hydroxyl groups excluding tert-OH is 1. The van der Waals surface area contributed by atoms with Crippen LogP contribution in [0.2, 0.25) is 5.02 Å². The molecule has 0 saturated carbocycles. The molecule has 2 aromatic rings. The molecule has 0 aliphatic heterocycles. The molecule has 0 spiro atoms. The zero-order valence-corrected chi connectivity index (χ0v) is 11.7. The van der Waals surface area contributed by atoms with Crippen molar-refractivity contribution in [3.05, 3.63) is 65.2 Å². The maximum absolute atomic E-state index is 9.87. The molecule has 0 heterocycles. The van der Waals surface area contributed by atoms with Gasteiger partial charge < -0.3 is 10.4 Å². The van der Waals surface area contributed by atoms with Gasteiger partial charge in [-0.25, -0.2) is 0 Å². The highest BCUT2D eigenvalue weighted by Crippen LogP contribution is 2.30. The zero-order valence-electron chi connectivity index (χ0n) is 10.9. The number of anilines is 1. The molecule has 2 aromatic carbocycles. The lowest BCUT2D eigenvalue weighted by atomic mass is 9.87. The Bertz CT molecular complexity index is 523. The van der Waals surface area contributed by atoms with Crippen LogP contribution in [0, 0.1) is 0 Å². The molecule has 0 bridgehead atoms. The van der Waals surface area contributed by atoms with Crippen LogP contribution >= 0.6 is 11.6 Å². The first-order chi connectivity index (χ1) is 9.20. The summed E-state index contributed by atoms with van der Waals surface area (Å²) in [6.45, 7) is 2.08. The molecule has 3 heteroatoms. The van der Waals surface area contributed by atoms with Crippen LogP contribution in [0.4, 0.5) is 5.69 Å². The van der Waals surface area contributed by atoms with Crippen LogP contribution in [0.5, 0.6) is 0 Å². The van der Waals surface area contributed by atoms with E-state index in [9.17, 15) is 5.11 Å². The van der Waals surface area contributed by atoms with Crippen LogP contribution < -0.4 is 5.32 Å². The third-order valence-electron chi connectivity index (χ3n) is 3.41. The van der Waals surface area contributed by atoms with E-state index in [0.717, 1.165) is 17.7 Å². The molecule has 1 unspecified atom stereocenters. The van der Waals surface area contributed by atoms with Crippen molar-refractivity contribution in [1.82, 2.24) is 0 Å². The minimum absolute atomic E-state index is 0.0278. The van der Waals surface area contributed by atoms with Crippen molar-refractivity contribution in [3.63, 3.8) is 0 Å². The van der Waals surface area contributed by atoms with Gasteiger partial charge in [-0.1, -0.05) is 54.9 Å². The first-order valence-electron chi connectivity index (χ1n) is 6.40. The summed E-state index contributed by atoms with van der Waals surface area (Å²) in [5, 5.41) is 14.0. The van der Waals surface area contributed by atoms with Gasteiger partial charge in [-0.3, -0.25) is 0 Å². The second-order valence-electron chi connectivity index (χ2n) is 4.60. The maximum Gasteiger partial charge on any atom is 0.0854 e. The molecule has 100 valence electrons. The molecule has 1 atom stereocenters. The summed E-state index contributed by atoms with van der Waals surface area (Å²) < 4.78 is 0. The molecule has 0 aromatic heterocycles. The number of benzene rings is 2. The lowest BCUT2D eigenvalue weighted by molar-refractivity contribution is 0.207. The third kappa shape index (κ3) is 3.09. The summed E-state index contributed by atoms with van der Waals surface area (Å²) in [6, 6.07) is 17.5. The Kier molecular flexibility index (Phi) is 4.46. The first-order valence-corrected chi connectivity index (χ1v) is 6.78. The number of nitrogens with one attached hydrogen (secondary N) is 1. The van der Waals surface area contributed by atoms with Crippen molar-refractivity contribution in [3.8, 4) is 0 Å². The highest BCUT2D eigenvalue weighted by Gasteiger charge is 2.29. The molecule has 0 amide bonds. The molecule has 2 rings (SSSR count). The second kappa shape index (κ2) is 6.09. The monoisotopic (exact) mass is 275 g/mol. The fourth-order valence-electron chi connectivity index (χ4n) is 2.21. The average molecular weight is 276 g/mol. The smallest absolute Gasteiger partial charge is 0.0854 e. The van der Waals surface area contributed by atoms with E-state index in [0.29, 0.717) is 5.02 Å². The van der Waals surface area contributed by atoms with Crippen molar-refractivity contribution in [1.29, 1.82) is 0 Å². The quantitative estimate of drug-likeness (QED) is 0.863. The van der Waals surface area contributed by atoms with Gasteiger partial charge in [-0.2, -0.15) is 0 Å². The Morgan fingerprint density at radius 2 is 1.84 bits per heavy atom. The summed E-state index contributed by atoms with van der Waals surface area (Å²) in [5.41, 5.74) is 1.50. The Labute approximate surface area is 119 Å². The van der Waals surface area contributed by atoms with Gasteiger partial charge in [0, 0.05) is 10.7 Å². The summed E-state index contributed by atoms with van der Waals surface area (Å²) >= 11 is 6.00. The Balaban J connectivity index is 2.35. The van der Waals surface area contributed by atoms with E-state index in [1.807, 2.05) is 54.6 Å². The normalized spacial score (nSPS) is 13.8. The van der Waals surface area contributed by atoms with Crippen molar-refractivity contribution >= 4 is 17.3 Å². The van der Waals surface area contributed by atoms with Crippen LogP contribution in [-0.2, 0) is 5.54 Å². The third-order valence-corrected chi connectivity index (χ3v) is 3.64. The Morgan fingerprint density at radius 1 is 1.11 bits per heavy atom. The van der Waals surface area contributed by atoms with Crippen LogP contribution in [0.1, 0.15) is 18.9 Å². The van der Waals surface area contributed by atoms with Crippen molar-refractivity contribution in [2.24, 2.45) is 0 Å². The molecule has 0 aliphatic rings. The number of halogens is 1. The summed E-state index contributed by atoms with van der Waals surface area (Å²) in [4.78, 5) is 0. The minimum atomic E-state index is -0.480. The molecular formula is C16H18ClNO. The topological polar surface area (TPSA) is 32.3 Å². The second-order valence-corrected chi connectivity index (χ2v) is 5.03. The molecule has 0 radical (unpaired) electrons. The van der Waals surface area contributed by atoms with Gasteiger partial charge >= 0.3 is 0 Å². The SMILES string of the molecule is CCC(CO)(Nc1cccc(Cl)c1)c1ccccc1. The molecule has 2 nitrogen and oxygen atoms in total. The first kappa shape index (κ1) is 13.9. The van der Waals surface area contributed by atoms with Crippen LogP contribution in [0.3, 0.4) is 0 Å². The maximum atomic E-state index is 9.87. The number of hydrogen-bond donors (Lipinski definition) is 2. The summed E-state index contributed by atoms with van der Waals surface area (Å²) in [6.07, 6.45) is 0.778. The van der Waals surface area contributed by atoms with Gasteiger partial charge in [-0.15, -0.1) is 0 Å². The standard InChI is InChI=1S/C16H18ClNO/c1-2-16(12-19,13-7-4-3-5-8-13)18-15-10-6-9-14(17)11-15/h3-11,18-19H,2,12H2,1H3. The molecule has 0 aliphatic carbocycles. The van der Waals surface area contributed by atoms with E-state index in [4.69, 9.17) is 11.6 Å². The van der Waals surface area contributed by atoms with E-state index in [1.54, 1.807) is 0 Å². The van der Waals surface area contributed by atoms with E-state index in [-0.39, 0.29) is 6.61 Å². The van der Waals surface area contributed by atoms with Gasteiger partial charge in [0.2, 0.25) is 0 Å². The average Bonchev–Trinajstić information content (AvgIpc) is 2.46. The fourth-order valence-corrected chi connectivity index (χ4v) is 2.40. The molecular weight excluding hydrogens is 258 g/mol. The lowest BCUT2D eigenvalue weighted by Crippen LogP contribution is -2.38. The van der Waals surface area contributed by atoms with Crippen LogP contribution in [0.15, 0.2) is 54.6 Å². The predicted molar refractivity (Wildman–Crippen MR) is 80.6 cm³/mol. The molecule has 19 heavy (non-hydrogen) atoms. The molecule has 0 fully saturated rings. The van der Waals surface area contributed by atoms with E-state index in [2.05, 4.69) is 12.2 Å². The summed E-state index contributed by atoms with van der Waals surface area (Å²) in [5.74, 6) is 0. The number of aliphatic hydroxyl groups is 1. The molecule has 2 N–H and O–H groups in total. The number of rotatable bonds is 5. The van der Waals surface area contributed by atoms with E-state index in [1.165, 1.54) is 0 Å². The van der Waals surface area contributed by atoms with Gasteiger partial charge in [0.1, 0.15) is 0 Å².